The van der Waals surface area contributed by atoms with Crippen LogP contribution in [0, 0.1) is 21.4 Å². The molecular weight excluding hydrogens is 364 g/mol. The van der Waals surface area contributed by atoms with Crippen LogP contribution < -0.4 is 4.74 Å². The zero-order chi connectivity index (χ0) is 19.9. The van der Waals surface area contributed by atoms with Crippen LogP contribution >= 0.6 is 0 Å². The highest BCUT2D eigenvalue weighted by Crippen LogP contribution is 2.24. The summed E-state index contributed by atoms with van der Waals surface area (Å²) in [5.41, 5.74) is 1.10. The number of nitro groups is 1. The molecule has 0 saturated carbocycles. The number of nitro benzene ring substituents is 1. The van der Waals surface area contributed by atoms with Crippen molar-refractivity contribution in [3.05, 3.63) is 82.1 Å². The molecular formula is C20H14N2O6. The van der Waals surface area contributed by atoms with Crippen LogP contribution in [0.15, 0.2) is 65.1 Å². The Hall–Kier alpha value is -4.12. The number of ether oxygens (including phenoxy) is 2. The fourth-order valence-electron chi connectivity index (χ4n) is 2.34. The van der Waals surface area contributed by atoms with Gasteiger partial charge in [-0.25, -0.2) is 4.79 Å². The second kappa shape index (κ2) is 8.51. The smallest absolute Gasteiger partial charge is 0.374 e. The molecule has 0 N–H and O–H groups in total. The summed E-state index contributed by atoms with van der Waals surface area (Å²) in [5.74, 6) is 0.340. The minimum absolute atomic E-state index is 0.0201. The summed E-state index contributed by atoms with van der Waals surface area (Å²) in [5, 5.41) is 19.4. The molecule has 0 aliphatic heterocycles. The summed E-state index contributed by atoms with van der Waals surface area (Å²) in [7, 11) is 0. The van der Waals surface area contributed by atoms with E-state index in [0.29, 0.717) is 22.6 Å². The third kappa shape index (κ3) is 4.53. The highest BCUT2D eigenvalue weighted by atomic mass is 16.6. The van der Waals surface area contributed by atoms with Crippen molar-refractivity contribution in [3.63, 3.8) is 0 Å². The fraction of sp³-hybridized carbons (Fsp3) is 0.100. The largest absolute Gasteiger partial charge is 0.490 e. The van der Waals surface area contributed by atoms with Crippen LogP contribution in [0.3, 0.4) is 0 Å². The predicted octanol–water partition coefficient (Wildman–Crippen LogP) is 3.96. The van der Waals surface area contributed by atoms with Gasteiger partial charge in [-0.05, 0) is 48.5 Å². The lowest BCUT2D eigenvalue weighted by atomic mass is 10.1. The van der Waals surface area contributed by atoms with E-state index in [1.165, 1.54) is 30.3 Å². The normalized spacial score (nSPS) is 10.1. The van der Waals surface area contributed by atoms with Gasteiger partial charge in [-0.2, -0.15) is 5.26 Å². The Labute approximate surface area is 159 Å². The first-order valence-corrected chi connectivity index (χ1v) is 8.21. The van der Waals surface area contributed by atoms with Crippen molar-refractivity contribution in [2.24, 2.45) is 0 Å². The number of carbonyl (C=O) groups is 1. The molecule has 0 unspecified atom stereocenters. The quantitative estimate of drug-likeness (QED) is 0.264. The Kier molecular flexibility index (Phi) is 5.67. The van der Waals surface area contributed by atoms with Gasteiger partial charge in [-0.3, -0.25) is 10.1 Å². The molecule has 3 aromatic rings. The van der Waals surface area contributed by atoms with Crippen LogP contribution in [0.5, 0.6) is 5.75 Å². The van der Waals surface area contributed by atoms with Crippen molar-refractivity contribution in [2.75, 3.05) is 13.2 Å². The lowest BCUT2D eigenvalue weighted by Gasteiger charge is -2.06. The first-order valence-electron chi connectivity index (χ1n) is 8.21. The number of hydrogen-bond donors (Lipinski definition) is 0. The molecule has 1 aromatic heterocycles. The van der Waals surface area contributed by atoms with Gasteiger partial charge in [-0.15, -0.1) is 0 Å². The Bertz CT molecular complexity index is 1020. The lowest BCUT2D eigenvalue weighted by Crippen LogP contribution is -2.11. The molecule has 0 fully saturated rings. The Balaban J connectivity index is 1.51. The summed E-state index contributed by atoms with van der Waals surface area (Å²) in [6, 6.07) is 17.4. The van der Waals surface area contributed by atoms with Gasteiger partial charge in [0.25, 0.3) is 5.69 Å². The molecule has 28 heavy (non-hydrogen) atoms. The minimum atomic E-state index is -0.642. The van der Waals surface area contributed by atoms with E-state index in [1.54, 1.807) is 30.3 Å². The van der Waals surface area contributed by atoms with Crippen LogP contribution in [0.25, 0.3) is 11.3 Å². The fourth-order valence-corrected chi connectivity index (χ4v) is 2.34. The third-order valence-corrected chi connectivity index (χ3v) is 3.74. The highest BCUT2D eigenvalue weighted by molar-refractivity contribution is 5.87. The number of carbonyl (C=O) groups excluding carboxylic acids is 1. The number of nitrogens with zero attached hydrogens (tertiary/aromatic N) is 2. The second-order valence-electron chi connectivity index (χ2n) is 5.59. The third-order valence-electron chi connectivity index (χ3n) is 3.74. The molecule has 0 radical (unpaired) electrons. The molecule has 1 heterocycles. The molecule has 0 bridgehead atoms. The minimum Gasteiger partial charge on any atom is -0.490 e. The van der Waals surface area contributed by atoms with E-state index in [0.717, 1.165) is 0 Å². The number of nitriles is 1. The van der Waals surface area contributed by atoms with Gasteiger partial charge in [0.1, 0.15) is 24.7 Å². The van der Waals surface area contributed by atoms with E-state index in [9.17, 15) is 14.9 Å². The van der Waals surface area contributed by atoms with Gasteiger partial charge in [0.15, 0.2) is 0 Å². The predicted molar refractivity (Wildman–Crippen MR) is 97.7 cm³/mol. The zero-order valence-electron chi connectivity index (χ0n) is 14.5. The first kappa shape index (κ1) is 18.7. The Morgan fingerprint density at radius 3 is 2.39 bits per heavy atom. The average molecular weight is 378 g/mol. The number of non-ortho nitro benzene ring substituents is 1. The number of esters is 1. The van der Waals surface area contributed by atoms with E-state index in [-0.39, 0.29) is 24.7 Å². The summed E-state index contributed by atoms with van der Waals surface area (Å²) in [6.45, 7) is 0.167. The standard InChI is InChI=1S/C20H14N2O6/c21-13-14-1-7-17(8-2-14)26-11-12-27-20(23)19-10-9-18(28-19)15-3-5-16(6-4-15)22(24)25/h1-10H,11-12H2. The SMILES string of the molecule is N#Cc1ccc(OCCOC(=O)c2ccc(-c3ccc([N+](=O)[O-])cc3)o2)cc1. The van der Waals surface area contributed by atoms with Crippen molar-refractivity contribution in [3.8, 4) is 23.1 Å². The van der Waals surface area contributed by atoms with E-state index < -0.39 is 10.9 Å². The number of benzene rings is 2. The Morgan fingerprint density at radius 1 is 1.04 bits per heavy atom. The van der Waals surface area contributed by atoms with Crippen LogP contribution in [0.2, 0.25) is 0 Å². The van der Waals surface area contributed by atoms with E-state index in [2.05, 4.69) is 0 Å². The summed E-state index contributed by atoms with van der Waals surface area (Å²) in [6.07, 6.45) is 0. The van der Waals surface area contributed by atoms with Crippen molar-refractivity contribution in [1.29, 1.82) is 5.26 Å². The lowest BCUT2D eigenvalue weighted by molar-refractivity contribution is -0.384. The molecule has 8 heteroatoms. The molecule has 3 rings (SSSR count). The molecule has 0 aliphatic carbocycles. The van der Waals surface area contributed by atoms with Crippen molar-refractivity contribution < 1.29 is 23.6 Å². The summed E-state index contributed by atoms with van der Waals surface area (Å²) >= 11 is 0. The van der Waals surface area contributed by atoms with Crippen molar-refractivity contribution in [2.45, 2.75) is 0 Å². The molecule has 0 saturated heterocycles. The van der Waals surface area contributed by atoms with Gasteiger partial charge in [0.2, 0.25) is 5.76 Å². The number of hydrogen-bond acceptors (Lipinski definition) is 7. The molecule has 0 aliphatic rings. The topological polar surface area (TPSA) is 116 Å². The van der Waals surface area contributed by atoms with Crippen LogP contribution in [0.1, 0.15) is 16.1 Å². The van der Waals surface area contributed by atoms with Crippen LogP contribution in [-0.2, 0) is 4.74 Å². The van der Waals surface area contributed by atoms with Crippen molar-refractivity contribution in [1.82, 2.24) is 0 Å². The Morgan fingerprint density at radius 2 is 1.75 bits per heavy atom. The molecule has 0 atom stereocenters. The van der Waals surface area contributed by atoms with E-state index in [1.807, 2.05) is 6.07 Å². The van der Waals surface area contributed by atoms with Crippen LogP contribution in [0.4, 0.5) is 5.69 Å². The molecule has 0 spiro atoms. The first-order chi connectivity index (χ1) is 13.6. The van der Waals surface area contributed by atoms with Crippen molar-refractivity contribution >= 4 is 11.7 Å². The maximum atomic E-state index is 12.0. The van der Waals surface area contributed by atoms with Gasteiger partial charge in [0, 0.05) is 17.7 Å². The maximum absolute atomic E-state index is 12.0. The van der Waals surface area contributed by atoms with Gasteiger partial charge in [0.05, 0.1) is 16.6 Å². The number of rotatable bonds is 7. The maximum Gasteiger partial charge on any atom is 0.374 e. The second-order valence-corrected chi connectivity index (χ2v) is 5.59. The summed E-state index contributed by atoms with van der Waals surface area (Å²) < 4.78 is 16.0. The van der Waals surface area contributed by atoms with Gasteiger partial charge < -0.3 is 13.9 Å². The molecule has 2 aromatic carbocycles. The molecule has 140 valence electrons. The zero-order valence-corrected chi connectivity index (χ0v) is 14.5. The summed E-state index contributed by atoms with van der Waals surface area (Å²) in [4.78, 5) is 22.2. The highest BCUT2D eigenvalue weighted by Gasteiger charge is 2.14. The van der Waals surface area contributed by atoms with Gasteiger partial charge in [-0.1, -0.05) is 0 Å². The molecule has 8 nitrogen and oxygen atoms in total. The number of furan rings is 1. The molecule has 0 amide bonds. The van der Waals surface area contributed by atoms with Gasteiger partial charge >= 0.3 is 5.97 Å². The van der Waals surface area contributed by atoms with Crippen LogP contribution in [-0.4, -0.2) is 24.1 Å². The van der Waals surface area contributed by atoms with E-state index in [4.69, 9.17) is 19.2 Å². The monoisotopic (exact) mass is 378 g/mol. The van der Waals surface area contributed by atoms with E-state index >= 15 is 0 Å². The average Bonchev–Trinajstić information content (AvgIpc) is 3.22.